The SMILES string of the molecule is O=C(NC1=N[C@@]2(c3cc(Br)ccc3F)CNCC2CS1)c1ccccc1. The Morgan fingerprint density at radius 3 is 2.92 bits per heavy atom. The second-order valence-corrected chi connectivity index (χ2v) is 8.35. The van der Waals surface area contributed by atoms with E-state index in [9.17, 15) is 9.18 Å². The number of benzene rings is 2. The molecule has 0 bridgehead atoms. The van der Waals surface area contributed by atoms with Gasteiger partial charge in [0.15, 0.2) is 5.17 Å². The molecule has 1 saturated heterocycles. The average molecular weight is 434 g/mol. The highest BCUT2D eigenvalue weighted by Crippen LogP contribution is 2.44. The molecule has 2 aliphatic heterocycles. The van der Waals surface area contributed by atoms with Crippen molar-refractivity contribution < 1.29 is 9.18 Å². The summed E-state index contributed by atoms with van der Waals surface area (Å²) in [6.45, 7) is 1.33. The van der Waals surface area contributed by atoms with Crippen LogP contribution in [0.15, 0.2) is 58.0 Å². The summed E-state index contributed by atoms with van der Waals surface area (Å²) in [4.78, 5) is 17.3. The number of halogens is 2. The normalized spacial score (nSPS) is 24.7. The van der Waals surface area contributed by atoms with Crippen LogP contribution in [0.3, 0.4) is 0 Å². The highest BCUT2D eigenvalue weighted by molar-refractivity contribution is 9.10. The van der Waals surface area contributed by atoms with Crippen molar-refractivity contribution in [1.29, 1.82) is 0 Å². The number of amidine groups is 1. The number of carbonyl (C=O) groups excluding carboxylic acids is 1. The number of hydrogen-bond acceptors (Lipinski definition) is 4. The Balaban J connectivity index is 1.69. The van der Waals surface area contributed by atoms with E-state index in [4.69, 9.17) is 4.99 Å². The lowest BCUT2D eigenvalue weighted by molar-refractivity contribution is 0.0977. The summed E-state index contributed by atoms with van der Waals surface area (Å²) in [5, 5.41) is 6.77. The van der Waals surface area contributed by atoms with Crippen LogP contribution >= 0.6 is 27.7 Å². The highest BCUT2D eigenvalue weighted by atomic mass is 79.9. The first-order valence-electron chi connectivity index (χ1n) is 8.34. The lowest BCUT2D eigenvalue weighted by Gasteiger charge is -2.36. The second-order valence-electron chi connectivity index (χ2n) is 6.42. The number of aliphatic imine (C=N–C) groups is 1. The van der Waals surface area contributed by atoms with Gasteiger partial charge >= 0.3 is 0 Å². The molecule has 2 atom stereocenters. The molecule has 134 valence electrons. The molecule has 2 N–H and O–H groups in total. The summed E-state index contributed by atoms with van der Waals surface area (Å²) in [5.74, 6) is 0.471. The Hall–Kier alpha value is -1.70. The zero-order valence-corrected chi connectivity index (χ0v) is 16.2. The summed E-state index contributed by atoms with van der Waals surface area (Å²) < 4.78 is 15.4. The molecule has 2 aromatic carbocycles. The Morgan fingerprint density at radius 2 is 2.12 bits per heavy atom. The molecule has 0 radical (unpaired) electrons. The molecule has 4 nitrogen and oxygen atoms in total. The highest BCUT2D eigenvalue weighted by Gasteiger charge is 2.48. The molecule has 1 amide bonds. The summed E-state index contributed by atoms with van der Waals surface area (Å²) in [6, 6.07) is 14.0. The maximum absolute atomic E-state index is 14.6. The summed E-state index contributed by atoms with van der Waals surface area (Å²) in [7, 11) is 0. The number of hydrogen-bond donors (Lipinski definition) is 2. The number of fused-ring (bicyclic) bond motifs is 1. The first-order valence-corrected chi connectivity index (χ1v) is 10.1. The summed E-state index contributed by atoms with van der Waals surface area (Å²) in [6.07, 6.45) is 0. The molecule has 0 aliphatic carbocycles. The van der Waals surface area contributed by atoms with Crippen molar-refractivity contribution in [2.45, 2.75) is 5.54 Å². The molecule has 1 unspecified atom stereocenters. The standard InChI is InChI=1S/C19H17BrFN3OS/c20-14-6-7-16(21)15(8-14)19-11-22-9-13(19)10-26-18(24-19)23-17(25)12-4-2-1-3-5-12/h1-8,13,22H,9-11H2,(H,23,24,25)/t13?,19-/m0/s1. The van der Waals surface area contributed by atoms with Crippen LogP contribution < -0.4 is 10.6 Å². The number of thioether (sulfide) groups is 1. The summed E-state index contributed by atoms with van der Waals surface area (Å²) >= 11 is 4.94. The van der Waals surface area contributed by atoms with Crippen LogP contribution in [0.5, 0.6) is 0 Å². The number of nitrogens with zero attached hydrogens (tertiary/aromatic N) is 1. The van der Waals surface area contributed by atoms with E-state index in [1.807, 2.05) is 18.2 Å². The van der Waals surface area contributed by atoms with Gasteiger partial charge in [-0.15, -0.1) is 0 Å². The van der Waals surface area contributed by atoms with E-state index < -0.39 is 5.54 Å². The molecule has 0 saturated carbocycles. The van der Waals surface area contributed by atoms with E-state index in [2.05, 4.69) is 26.6 Å². The van der Waals surface area contributed by atoms with Crippen LogP contribution in [-0.2, 0) is 5.54 Å². The molecule has 0 aromatic heterocycles. The number of rotatable bonds is 2. The van der Waals surface area contributed by atoms with Crippen molar-refractivity contribution in [1.82, 2.24) is 10.6 Å². The second kappa shape index (κ2) is 7.13. The molecule has 7 heteroatoms. The van der Waals surface area contributed by atoms with Gasteiger partial charge in [0.05, 0.1) is 0 Å². The molecule has 26 heavy (non-hydrogen) atoms. The Labute approximate surface area is 163 Å². The van der Waals surface area contributed by atoms with E-state index in [1.54, 1.807) is 24.3 Å². The molecular formula is C19H17BrFN3OS. The van der Waals surface area contributed by atoms with E-state index in [1.165, 1.54) is 17.8 Å². The van der Waals surface area contributed by atoms with Gasteiger partial charge in [0, 0.05) is 40.4 Å². The van der Waals surface area contributed by atoms with Gasteiger partial charge in [0.1, 0.15) is 11.4 Å². The van der Waals surface area contributed by atoms with Crippen molar-refractivity contribution >= 4 is 38.8 Å². The first kappa shape index (κ1) is 17.7. The third-order valence-corrected chi connectivity index (χ3v) is 6.36. The fourth-order valence-electron chi connectivity index (χ4n) is 3.50. The van der Waals surface area contributed by atoms with Crippen molar-refractivity contribution in [2.24, 2.45) is 10.9 Å². The quantitative estimate of drug-likeness (QED) is 0.761. The minimum Gasteiger partial charge on any atom is -0.314 e. The van der Waals surface area contributed by atoms with E-state index in [0.717, 1.165) is 16.8 Å². The van der Waals surface area contributed by atoms with Crippen LogP contribution in [0, 0.1) is 11.7 Å². The predicted molar refractivity (Wildman–Crippen MR) is 106 cm³/mol. The lowest BCUT2D eigenvalue weighted by atomic mass is 9.81. The Bertz CT molecular complexity index is 876. The molecule has 0 spiro atoms. The van der Waals surface area contributed by atoms with Gasteiger partial charge < -0.3 is 10.6 Å². The maximum atomic E-state index is 14.6. The third-order valence-electron chi connectivity index (χ3n) is 4.83. The largest absolute Gasteiger partial charge is 0.314 e. The number of amides is 1. The minimum atomic E-state index is -0.696. The molecule has 2 aliphatic rings. The van der Waals surface area contributed by atoms with Crippen molar-refractivity contribution in [3.05, 3.63) is 69.9 Å². The van der Waals surface area contributed by atoms with Gasteiger partial charge in [0.25, 0.3) is 5.91 Å². The zero-order valence-electron chi connectivity index (χ0n) is 13.8. The van der Waals surface area contributed by atoms with Crippen LogP contribution in [0.2, 0.25) is 0 Å². The van der Waals surface area contributed by atoms with Gasteiger partial charge in [-0.25, -0.2) is 9.38 Å². The van der Waals surface area contributed by atoms with Gasteiger partial charge in [-0.1, -0.05) is 45.9 Å². The summed E-state index contributed by atoms with van der Waals surface area (Å²) in [5.41, 5.74) is 0.442. The Kier molecular flexibility index (Phi) is 4.86. The van der Waals surface area contributed by atoms with Crippen LogP contribution in [0.1, 0.15) is 15.9 Å². The molecule has 2 aromatic rings. The van der Waals surface area contributed by atoms with Crippen molar-refractivity contribution in [3.8, 4) is 0 Å². The fraction of sp³-hybridized carbons (Fsp3) is 0.263. The van der Waals surface area contributed by atoms with E-state index >= 15 is 0 Å². The molecule has 2 heterocycles. The monoisotopic (exact) mass is 433 g/mol. The molecule has 4 rings (SSSR count). The van der Waals surface area contributed by atoms with E-state index in [0.29, 0.717) is 22.8 Å². The third kappa shape index (κ3) is 3.19. The van der Waals surface area contributed by atoms with Gasteiger partial charge in [-0.05, 0) is 30.3 Å². The number of carbonyl (C=O) groups is 1. The average Bonchev–Trinajstić information content (AvgIpc) is 3.08. The van der Waals surface area contributed by atoms with Gasteiger partial charge in [0.2, 0.25) is 0 Å². The predicted octanol–water partition coefficient (Wildman–Crippen LogP) is 3.54. The first-order chi connectivity index (χ1) is 12.6. The van der Waals surface area contributed by atoms with E-state index in [-0.39, 0.29) is 17.6 Å². The van der Waals surface area contributed by atoms with Gasteiger partial charge in [-0.2, -0.15) is 0 Å². The zero-order chi connectivity index (χ0) is 18.1. The van der Waals surface area contributed by atoms with Crippen LogP contribution in [0.4, 0.5) is 4.39 Å². The lowest BCUT2D eigenvalue weighted by Crippen LogP contribution is -2.43. The topological polar surface area (TPSA) is 53.5 Å². The van der Waals surface area contributed by atoms with Crippen molar-refractivity contribution in [2.75, 3.05) is 18.8 Å². The van der Waals surface area contributed by atoms with Crippen LogP contribution in [0.25, 0.3) is 0 Å². The Morgan fingerprint density at radius 1 is 1.31 bits per heavy atom. The molecule has 1 fully saturated rings. The minimum absolute atomic E-state index is 0.175. The fourth-order valence-corrected chi connectivity index (χ4v) is 5.00. The van der Waals surface area contributed by atoms with Gasteiger partial charge in [-0.3, -0.25) is 4.79 Å². The smallest absolute Gasteiger partial charge is 0.257 e. The maximum Gasteiger partial charge on any atom is 0.257 e. The molecular weight excluding hydrogens is 417 g/mol. The van der Waals surface area contributed by atoms with Crippen LogP contribution in [-0.4, -0.2) is 29.9 Å². The van der Waals surface area contributed by atoms with Crippen molar-refractivity contribution in [3.63, 3.8) is 0 Å². The number of nitrogens with one attached hydrogen (secondary N) is 2.